The fraction of sp³-hybridized carbons (Fsp3) is 0.448. The zero-order valence-corrected chi connectivity index (χ0v) is 24.4. The summed E-state index contributed by atoms with van der Waals surface area (Å²) < 4.78 is 40.4. The molecule has 216 valence electrons. The lowest BCUT2D eigenvalue weighted by molar-refractivity contribution is -0.134. The van der Waals surface area contributed by atoms with Gasteiger partial charge >= 0.3 is 0 Å². The summed E-state index contributed by atoms with van der Waals surface area (Å²) in [6.07, 6.45) is -0.267. The summed E-state index contributed by atoms with van der Waals surface area (Å²) in [5.74, 6) is 0.510. The summed E-state index contributed by atoms with van der Waals surface area (Å²) in [7, 11) is -1.94. The molecule has 0 bridgehead atoms. The number of benzene rings is 2. The van der Waals surface area contributed by atoms with Crippen LogP contribution >= 0.6 is 0 Å². The highest BCUT2D eigenvalue weighted by Crippen LogP contribution is 2.31. The van der Waals surface area contributed by atoms with Crippen LogP contribution in [0.5, 0.6) is 5.75 Å². The van der Waals surface area contributed by atoms with Crippen molar-refractivity contribution in [2.24, 2.45) is 5.92 Å². The molecule has 1 aromatic heterocycles. The molecule has 1 amide bonds. The fourth-order valence-corrected chi connectivity index (χ4v) is 6.42. The number of hydrogen-bond donors (Lipinski definition) is 2. The van der Waals surface area contributed by atoms with Crippen LogP contribution < -0.4 is 9.46 Å². The van der Waals surface area contributed by atoms with E-state index in [1.54, 1.807) is 30.0 Å². The van der Waals surface area contributed by atoms with Gasteiger partial charge in [-0.05, 0) is 51.6 Å². The number of carbonyl (C=O) groups excluding carboxylic acids is 1. The van der Waals surface area contributed by atoms with Gasteiger partial charge in [-0.1, -0.05) is 42.4 Å². The number of ether oxygens (including phenoxy) is 1. The molecule has 0 saturated carbocycles. The molecule has 11 heteroatoms. The first kappa shape index (κ1) is 29.6. The first-order valence-corrected chi connectivity index (χ1v) is 14.8. The number of nitrogens with zero attached hydrogens (tertiary/aromatic N) is 3. The number of amides is 1. The number of aromatic nitrogens is 1. The number of aliphatic hydroxyl groups is 1. The Morgan fingerprint density at radius 2 is 1.93 bits per heavy atom. The van der Waals surface area contributed by atoms with E-state index >= 15 is 0 Å². The minimum absolute atomic E-state index is 0.000142. The Labute approximate surface area is 236 Å². The molecule has 2 aromatic carbocycles. The second-order valence-corrected chi connectivity index (χ2v) is 12.3. The zero-order valence-electron chi connectivity index (χ0n) is 23.6. The topological polar surface area (TPSA) is 125 Å². The van der Waals surface area contributed by atoms with Gasteiger partial charge in [0.05, 0.1) is 19.1 Å². The summed E-state index contributed by atoms with van der Waals surface area (Å²) >= 11 is 0. The van der Waals surface area contributed by atoms with E-state index in [2.05, 4.69) is 26.9 Å². The van der Waals surface area contributed by atoms with Crippen molar-refractivity contribution in [3.05, 3.63) is 71.1 Å². The van der Waals surface area contributed by atoms with E-state index in [1.165, 1.54) is 12.5 Å². The summed E-state index contributed by atoms with van der Waals surface area (Å²) in [4.78, 5) is 17.3. The van der Waals surface area contributed by atoms with Gasteiger partial charge in [0, 0.05) is 36.8 Å². The molecule has 2 N–H and O–H groups in total. The van der Waals surface area contributed by atoms with Crippen LogP contribution in [0, 0.1) is 19.8 Å². The van der Waals surface area contributed by atoms with E-state index in [4.69, 9.17) is 9.26 Å². The molecule has 1 aliphatic heterocycles. The molecule has 40 heavy (non-hydrogen) atoms. The minimum atomic E-state index is -3.97. The highest BCUT2D eigenvalue weighted by molar-refractivity contribution is 7.92. The second kappa shape index (κ2) is 12.4. The van der Waals surface area contributed by atoms with Gasteiger partial charge in [0.1, 0.15) is 17.5 Å². The van der Waals surface area contributed by atoms with Crippen molar-refractivity contribution in [3.8, 4) is 5.75 Å². The number of hydrogen-bond acceptors (Lipinski definition) is 8. The maximum atomic E-state index is 13.5. The maximum absolute atomic E-state index is 13.5. The Morgan fingerprint density at radius 3 is 2.58 bits per heavy atom. The lowest BCUT2D eigenvalue weighted by Crippen LogP contribution is -2.47. The normalized spacial score (nSPS) is 18.9. The van der Waals surface area contributed by atoms with Crippen LogP contribution in [0.25, 0.3) is 0 Å². The lowest BCUT2D eigenvalue weighted by Gasteiger charge is -2.34. The molecule has 4 rings (SSSR count). The standard InChI is InChI=1S/C29H38N4O6S/c1-19-15-33(20(2)18-34)28(35)14-24-13-25(31-40(36,37)29-21(3)30-39-22(29)4)11-12-26(24)38-27(19)17-32(5)16-23-9-7-6-8-10-23/h6-13,19-20,27,31,34H,14-18H2,1-5H3/t19-,20+,27+/m1/s1. The Hall–Kier alpha value is -3.41. The number of nitrogens with one attached hydrogen (secondary N) is 1. The summed E-state index contributed by atoms with van der Waals surface area (Å²) in [6.45, 7) is 8.56. The van der Waals surface area contributed by atoms with Gasteiger partial charge in [0.15, 0.2) is 10.7 Å². The number of anilines is 1. The fourth-order valence-electron chi connectivity index (χ4n) is 5.04. The Bertz CT molecular complexity index is 1410. The minimum Gasteiger partial charge on any atom is -0.488 e. The third kappa shape index (κ3) is 6.83. The van der Waals surface area contributed by atoms with Crippen LogP contribution in [-0.4, -0.2) is 73.3 Å². The van der Waals surface area contributed by atoms with E-state index in [0.29, 0.717) is 30.1 Å². The Morgan fingerprint density at radius 1 is 1.20 bits per heavy atom. The van der Waals surface area contributed by atoms with E-state index in [9.17, 15) is 18.3 Å². The molecule has 3 atom stereocenters. The SMILES string of the molecule is Cc1noc(C)c1S(=O)(=O)Nc1ccc2c(c1)CC(=O)N([C@@H](C)CO)C[C@@H](C)[C@H](CN(C)Cc1ccccc1)O2. The summed E-state index contributed by atoms with van der Waals surface area (Å²) in [5, 5.41) is 13.6. The van der Waals surface area contributed by atoms with Gasteiger partial charge in [-0.2, -0.15) is 0 Å². The van der Waals surface area contributed by atoms with Crippen molar-refractivity contribution < 1.29 is 27.6 Å². The van der Waals surface area contributed by atoms with Crippen LogP contribution in [0.4, 0.5) is 5.69 Å². The van der Waals surface area contributed by atoms with E-state index in [1.807, 2.05) is 39.1 Å². The number of rotatable bonds is 9. The molecule has 10 nitrogen and oxygen atoms in total. The highest BCUT2D eigenvalue weighted by Gasteiger charge is 2.31. The van der Waals surface area contributed by atoms with Crippen LogP contribution in [0.1, 0.15) is 36.4 Å². The van der Waals surface area contributed by atoms with Crippen LogP contribution in [0.3, 0.4) is 0 Å². The summed E-state index contributed by atoms with van der Waals surface area (Å²) in [5.41, 5.74) is 2.30. The summed E-state index contributed by atoms with van der Waals surface area (Å²) in [6, 6.07) is 14.7. The zero-order chi connectivity index (χ0) is 29.0. The molecule has 0 fully saturated rings. The molecule has 3 aromatic rings. The number of sulfonamides is 1. The molecular weight excluding hydrogens is 532 g/mol. The van der Waals surface area contributed by atoms with Gasteiger partial charge < -0.3 is 19.3 Å². The number of likely N-dealkylation sites (N-methyl/N-ethyl adjacent to an activating group) is 1. The van der Waals surface area contributed by atoms with Gasteiger partial charge in [-0.15, -0.1) is 0 Å². The van der Waals surface area contributed by atoms with Crippen molar-refractivity contribution in [1.82, 2.24) is 15.0 Å². The van der Waals surface area contributed by atoms with Crippen LogP contribution in [0.15, 0.2) is 57.9 Å². The first-order chi connectivity index (χ1) is 19.0. The Balaban J connectivity index is 1.65. The molecule has 1 aliphatic rings. The first-order valence-electron chi connectivity index (χ1n) is 13.4. The predicted octanol–water partition coefficient (Wildman–Crippen LogP) is 3.37. The smallest absolute Gasteiger partial charge is 0.267 e. The van der Waals surface area contributed by atoms with Crippen molar-refractivity contribution >= 4 is 21.6 Å². The largest absolute Gasteiger partial charge is 0.488 e. The molecular formula is C29H38N4O6S. The van der Waals surface area contributed by atoms with Gasteiger partial charge in [-0.3, -0.25) is 14.4 Å². The molecule has 0 aliphatic carbocycles. The Kier molecular flexibility index (Phi) is 9.17. The molecule has 0 spiro atoms. The van der Waals surface area contributed by atoms with Gasteiger partial charge in [0.2, 0.25) is 5.91 Å². The molecule has 2 heterocycles. The maximum Gasteiger partial charge on any atom is 0.267 e. The van der Waals surface area contributed by atoms with Crippen molar-refractivity contribution in [1.29, 1.82) is 0 Å². The van der Waals surface area contributed by atoms with Crippen molar-refractivity contribution in [2.75, 3.05) is 31.5 Å². The van der Waals surface area contributed by atoms with E-state index in [0.717, 1.165) is 6.54 Å². The highest BCUT2D eigenvalue weighted by atomic mass is 32.2. The third-order valence-corrected chi connectivity index (χ3v) is 8.82. The third-order valence-electron chi connectivity index (χ3n) is 7.19. The van der Waals surface area contributed by atoms with Gasteiger partial charge in [0.25, 0.3) is 10.0 Å². The monoisotopic (exact) mass is 570 g/mol. The average Bonchev–Trinajstić information content (AvgIpc) is 3.27. The lowest BCUT2D eigenvalue weighted by atomic mass is 10.0. The van der Waals surface area contributed by atoms with E-state index in [-0.39, 0.29) is 53.3 Å². The predicted molar refractivity (Wildman–Crippen MR) is 152 cm³/mol. The quantitative estimate of drug-likeness (QED) is 0.401. The number of carbonyl (C=O) groups is 1. The van der Waals surface area contributed by atoms with Crippen LogP contribution in [-0.2, 0) is 27.8 Å². The van der Waals surface area contributed by atoms with Crippen molar-refractivity contribution in [3.63, 3.8) is 0 Å². The molecule has 0 radical (unpaired) electrons. The second-order valence-electron chi connectivity index (χ2n) is 10.7. The van der Waals surface area contributed by atoms with Gasteiger partial charge in [-0.25, -0.2) is 8.42 Å². The number of fused-ring (bicyclic) bond motifs is 1. The molecule has 0 saturated heterocycles. The van der Waals surface area contributed by atoms with Crippen LogP contribution in [0.2, 0.25) is 0 Å². The van der Waals surface area contributed by atoms with Crippen molar-refractivity contribution in [2.45, 2.75) is 57.7 Å². The number of aryl methyl sites for hydroxylation is 2. The van der Waals surface area contributed by atoms with E-state index < -0.39 is 10.0 Å². The molecule has 0 unspecified atom stereocenters. The number of aliphatic hydroxyl groups excluding tert-OH is 1. The average molecular weight is 571 g/mol.